The molecule has 4 N–H and O–H groups in total. The topological polar surface area (TPSA) is 98.2 Å². The monoisotopic (exact) mass is 227 g/mol. The van der Waals surface area contributed by atoms with Crippen LogP contribution in [0.25, 0.3) is 0 Å². The van der Waals surface area contributed by atoms with Crippen LogP contribution in [0.5, 0.6) is 0 Å². The van der Waals surface area contributed by atoms with Crippen molar-refractivity contribution in [2.75, 3.05) is 18.5 Å². The molecule has 0 radical (unpaired) electrons. The van der Waals surface area contributed by atoms with Gasteiger partial charge in [-0.3, -0.25) is 4.79 Å². The van der Waals surface area contributed by atoms with E-state index in [4.69, 9.17) is 10.2 Å². The zero-order valence-corrected chi connectivity index (χ0v) is 9.40. The Bertz CT molecular complexity index is 385. The van der Waals surface area contributed by atoms with E-state index in [9.17, 15) is 4.79 Å². The minimum Gasteiger partial charge on any atom is -0.394 e. The number of rotatable bonds is 5. The number of nitrogens with one attached hydrogen (secondary N) is 2. The molecule has 90 valence electrons. The zero-order chi connectivity index (χ0) is 12.1. The summed E-state index contributed by atoms with van der Waals surface area (Å²) in [5.41, 5.74) is -0.254. The summed E-state index contributed by atoms with van der Waals surface area (Å²) < 4.78 is 0. The van der Waals surface area contributed by atoms with E-state index < -0.39 is 6.04 Å². The normalized spacial score (nSPS) is 11.1. The number of aromatic nitrogens is 2. The molecule has 0 aliphatic rings. The van der Waals surface area contributed by atoms with Crippen molar-refractivity contribution in [3.05, 3.63) is 22.2 Å². The zero-order valence-electron chi connectivity index (χ0n) is 9.40. The fourth-order valence-electron chi connectivity index (χ4n) is 1.18. The Morgan fingerprint density at radius 2 is 2.06 bits per heavy atom. The van der Waals surface area contributed by atoms with Crippen LogP contribution in [0.4, 0.5) is 5.82 Å². The Hall–Kier alpha value is -1.40. The molecule has 0 unspecified atom stereocenters. The highest BCUT2D eigenvalue weighted by Crippen LogP contribution is 2.09. The highest BCUT2D eigenvalue weighted by molar-refractivity contribution is 5.34. The van der Waals surface area contributed by atoms with Crippen molar-refractivity contribution in [2.45, 2.75) is 25.8 Å². The van der Waals surface area contributed by atoms with Gasteiger partial charge in [0.15, 0.2) is 0 Å². The Kier molecular flexibility index (Phi) is 4.45. The van der Waals surface area contributed by atoms with Gasteiger partial charge < -0.3 is 20.5 Å². The Labute approximate surface area is 93.4 Å². The predicted molar refractivity (Wildman–Crippen MR) is 60.5 cm³/mol. The molecular weight excluding hydrogens is 210 g/mol. The smallest absolute Gasteiger partial charge is 0.252 e. The van der Waals surface area contributed by atoms with Crippen LogP contribution in [-0.4, -0.2) is 39.4 Å². The molecule has 1 rings (SSSR count). The third kappa shape index (κ3) is 3.32. The van der Waals surface area contributed by atoms with E-state index >= 15 is 0 Å². The van der Waals surface area contributed by atoms with Crippen LogP contribution in [0.1, 0.15) is 25.6 Å². The standard InChI is InChI=1S/C10H17N3O3/c1-6(2)10-12-8(3-9(16)13-10)11-7(4-14)5-15/h3,6-7,14-15H,4-5H2,1-2H3,(H2,11,12,13,16). The van der Waals surface area contributed by atoms with Crippen LogP contribution in [0.3, 0.4) is 0 Å². The Morgan fingerprint density at radius 3 is 2.56 bits per heavy atom. The predicted octanol–water partition coefficient (Wildman–Crippen LogP) is -0.342. The van der Waals surface area contributed by atoms with Crippen LogP contribution in [0.2, 0.25) is 0 Å². The van der Waals surface area contributed by atoms with Crippen LogP contribution in [-0.2, 0) is 0 Å². The van der Waals surface area contributed by atoms with Crippen molar-refractivity contribution in [1.82, 2.24) is 9.97 Å². The average Bonchev–Trinajstić information content (AvgIpc) is 2.25. The third-order valence-electron chi connectivity index (χ3n) is 2.10. The maximum Gasteiger partial charge on any atom is 0.252 e. The summed E-state index contributed by atoms with van der Waals surface area (Å²) in [5.74, 6) is 1.04. The number of nitrogens with zero attached hydrogens (tertiary/aromatic N) is 1. The van der Waals surface area contributed by atoms with E-state index in [0.717, 1.165) is 0 Å². The third-order valence-corrected chi connectivity index (χ3v) is 2.10. The molecule has 1 heterocycles. The molecule has 6 nitrogen and oxygen atoms in total. The second-order valence-electron chi connectivity index (χ2n) is 3.88. The first-order valence-corrected chi connectivity index (χ1v) is 5.16. The number of aliphatic hydroxyl groups is 2. The van der Waals surface area contributed by atoms with Gasteiger partial charge in [-0.15, -0.1) is 0 Å². The number of H-pyrrole nitrogens is 1. The molecular formula is C10H17N3O3. The first-order chi connectivity index (χ1) is 7.56. The lowest BCUT2D eigenvalue weighted by Crippen LogP contribution is -2.29. The lowest BCUT2D eigenvalue weighted by molar-refractivity contribution is 0.203. The molecule has 0 aromatic carbocycles. The van der Waals surface area contributed by atoms with Crippen LogP contribution in [0.15, 0.2) is 10.9 Å². The largest absolute Gasteiger partial charge is 0.394 e. The molecule has 0 spiro atoms. The molecule has 16 heavy (non-hydrogen) atoms. The van der Waals surface area contributed by atoms with Crippen molar-refractivity contribution >= 4 is 5.82 Å². The van der Waals surface area contributed by atoms with E-state index in [1.54, 1.807) is 0 Å². The van der Waals surface area contributed by atoms with Gasteiger partial charge in [0.25, 0.3) is 5.56 Å². The van der Waals surface area contributed by atoms with Gasteiger partial charge in [0.2, 0.25) is 0 Å². The number of aromatic amines is 1. The number of hydrogen-bond donors (Lipinski definition) is 4. The summed E-state index contributed by atoms with van der Waals surface area (Å²) in [6.07, 6.45) is 0. The van der Waals surface area contributed by atoms with Crippen LogP contribution >= 0.6 is 0 Å². The maximum absolute atomic E-state index is 11.3. The quantitative estimate of drug-likeness (QED) is 0.551. The minimum atomic E-state index is -0.505. The van der Waals surface area contributed by atoms with Crippen molar-refractivity contribution in [3.63, 3.8) is 0 Å². The maximum atomic E-state index is 11.3. The van der Waals surface area contributed by atoms with Gasteiger partial charge in [0.1, 0.15) is 11.6 Å². The van der Waals surface area contributed by atoms with Gasteiger partial charge in [-0.25, -0.2) is 4.98 Å². The highest BCUT2D eigenvalue weighted by Gasteiger charge is 2.09. The fraction of sp³-hybridized carbons (Fsp3) is 0.600. The molecule has 0 aliphatic carbocycles. The molecule has 1 aromatic rings. The van der Waals surface area contributed by atoms with Gasteiger partial charge in [-0.2, -0.15) is 0 Å². The van der Waals surface area contributed by atoms with E-state index in [-0.39, 0.29) is 24.7 Å². The van der Waals surface area contributed by atoms with E-state index in [0.29, 0.717) is 11.6 Å². The molecule has 6 heteroatoms. The van der Waals surface area contributed by atoms with E-state index in [1.807, 2.05) is 13.8 Å². The summed E-state index contributed by atoms with van der Waals surface area (Å²) in [5, 5.41) is 20.6. The van der Waals surface area contributed by atoms with Crippen molar-refractivity contribution < 1.29 is 10.2 Å². The van der Waals surface area contributed by atoms with Gasteiger partial charge in [-0.05, 0) is 0 Å². The Balaban J connectivity index is 2.92. The second-order valence-corrected chi connectivity index (χ2v) is 3.88. The lowest BCUT2D eigenvalue weighted by atomic mass is 10.2. The molecule has 0 aliphatic heterocycles. The van der Waals surface area contributed by atoms with Gasteiger partial charge >= 0.3 is 0 Å². The van der Waals surface area contributed by atoms with Crippen molar-refractivity contribution in [1.29, 1.82) is 0 Å². The van der Waals surface area contributed by atoms with Crippen LogP contribution in [0, 0.1) is 0 Å². The molecule has 0 saturated heterocycles. The van der Waals surface area contributed by atoms with E-state index in [2.05, 4.69) is 15.3 Å². The SMILES string of the molecule is CC(C)c1nc(NC(CO)CO)cc(=O)[nH]1. The highest BCUT2D eigenvalue weighted by atomic mass is 16.3. The summed E-state index contributed by atoms with van der Waals surface area (Å²) in [7, 11) is 0. The summed E-state index contributed by atoms with van der Waals surface area (Å²) in [6.45, 7) is 3.39. The van der Waals surface area contributed by atoms with E-state index in [1.165, 1.54) is 6.07 Å². The number of hydrogen-bond acceptors (Lipinski definition) is 5. The first-order valence-electron chi connectivity index (χ1n) is 5.16. The van der Waals surface area contributed by atoms with Gasteiger partial charge in [-0.1, -0.05) is 13.8 Å². The fourth-order valence-corrected chi connectivity index (χ4v) is 1.18. The molecule has 0 bridgehead atoms. The second kappa shape index (κ2) is 5.62. The molecule has 0 amide bonds. The summed E-state index contributed by atoms with van der Waals surface area (Å²) >= 11 is 0. The molecule has 0 atom stereocenters. The molecule has 0 fully saturated rings. The molecule has 1 aromatic heterocycles. The summed E-state index contributed by atoms with van der Waals surface area (Å²) in [6, 6.07) is 0.791. The molecule has 0 saturated carbocycles. The lowest BCUT2D eigenvalue weighted by Gasteiger charge is -2.14. The van der Waals surface area contributed by atoms with Gasteiger partial charge in [0.05, 0.1) is 19.3 Å². The Morgan fingerprint density at radius 1 is 1.44 bits per heavy atom. The minimum absolute atomic E-state index is 0.108. The summed E-state index contributed by atoms with van der Waals surface area (Å²) in [4.78, 5) is 18.1. The van der Waals surface area contributed by atoms with Crippen molar-refractivity contribution in [3.8, 4) is 0 Å². The van der Waals surface area contributed by atoms with Crippen molar-refractivity contribution in [2.24, 2.45) is 0 Å². The van der Waals surface area contributed by atoms with Crippen LogP contribution < -0.4 is 10.9 Å². The first kappa shape index (κ1) is 12.7. The van der Waals surface area contributed by atoms with Gasteiger partial charge in [0, 0.05) is 12.0 Å². The number of anilines is 1. The number of aliphatic hydroxyl groups excluding tert-OH is 2. The average molecular weight is 227 g/mol.